The van der Waals surface area contributed by atoms with Crippen LogP contribution in [0, 0.1) is 11.3 Å². The Hall–Kier alpha value is -1.90. The molecule has 0 radical (unpaired) electrons. The zero-order chi connectivity index (χ0) is 14.6. The molecule has 2 rings (SSSR count). The third-order valence-corrected chi connectivity index (χ3v) is 3.40. The first-order valence-electron chi connectivity index (χ1n) is 6.73. The quantitative estimate of drug-likeness (QED) is 0.871. The van der Waals surface area contributed by atoms with Crippen LogP contribution in [0.15, 0.2) is 24.3 Å². The van der Waals surface area contributed by atoms with Gasteiger partial charge in [0.15, 0.2) is 0 Å². The Kier molecular flexibility index (Phi) is 4.38. The zero-order valence-electron chi connectivity index (χ0n) is 11.6. The number of piperidine rings is 1. The number of hydrogen-bond acceptors (Lipinski definition) is 4. The number of benzene rings is 1. The minimum absolute atomic E-state index is 0.127. The smallest absolute Gasteiger partial charge is 0.238 e. The van der Waals surface area contributed by atoms with Gasteiger partial charge in [-0.05, 0) is 44.5 Å². The van der Waals surface area contributed by atoms with Gasteiger partial charge in [0.2, 0.25) is 5.91 Å². The summed E-state index contributed by atoms with van der Waals surface area (Å²) in [6.45, 7) is 3.39. The SMILES string of the molecule is CC1(O)CCCN(CC(=O)Nc2cccc(C#N)c2)C1. The van der Waals surface area contributed by atoms with Gasteiger partial charge in [0.1, 0.15) is 0 Å². The van der Waals surface area contributed by atoms with Crippen molar-refractivity contribution >= 4 is 11.6 Å². The van der Waals surface area contributed by atoms with Gasteiger partial charge < -0.3 is 10.4 Å². The van der Waals surface area contributed by atoms with Crippen LogP contribution in [0.4, 0.5) is 5.69 Å². The number of nitrogens with one attached hydrogen (secondary N) is 1. The molecule has 1 atom stereocenters. The highest BCUT2D eigenvalue weighted by atomic mass is 16.3. The molecule has 5 heteroatoms. The molecule has 1 fully saturated rings. The highest BCUT2D eigenvalue weighted by Gasteiger charge is 2.29. The Morgan fingerprint density at radius 1 is 1.60 bits per heavy atom. The maximum absolute atomic E-state index is 12.0. The van der Waals surface area contributed by atoms with E-state index in [0.717, 1.165) is 19.4 Å². The molecule has 5 nitrogen and oxygen atoms in total. The fraction of sp³-hybridized carbons (Fsp3) is 0.467. The lowest BCUT2D eigenvalue weighted by molar-refractivity contribution is -0.118. The Morgan fingerprint density at radius 2 is 2.40 bits per heavy atom. The Bertz CT molecular complexity index is 534. The van der Waals surface area contributed by atoms with Gasteiger partial charge >= 0.3 is 0 Å². The monoisotopic (exact) mass is 273 g/mol. The molecule has 1 unspecified atom stereocenters. The van der Waals surface area contributed by atoms with Crippen molar-refractivity contribution in [3.05, 3.63) is 29.8 Å². The summed E-state index contributed by atoms with van der Waals surface area (Å²) >= 11 is 0. The number of carbonyl (C=O) groups is 1. The second-order valence-electron chi connectivity index (χ2n) is 5.55. The van der Waals surface area contributed by atoms with Gasteiger partial charge in [-0.2, -0.15) is 5.26 Å². The van der Waals surface area contributed by atoms with E-state index in [1.165, 1.54) is 0 Å². The standard InChI is InChI=1S/C15H19N3O2/c1-15(20)6-3-7-18(11-15)10-14(19)17-13-5-2-4-12(8-13)9-16/h2,4-5,8,20H,3,6-7,10-11H2,1H3,(H,17,19). The second-order valence-corrected chi connectivity index (χ2v) is 5.55. The van der Waals surface area contributed by atoms with E-state index >= 15 is 0 Å². The van der Waals surface area contributed by atoms with Crippen molar-refractivity contribution in [2.24, 2.45) is 0 Å². The van der Waals surface area contributed by atoms with Crippen molar-refractivity contribution in [1.82, 2.24) is 4.90 Å². The van der Waals surface area contributed by atoms with Crippen LogP contribution in [0.2, 0.25) is 0 Å². The van der Waals surface area contributed by atoms with Crippen LogP contribution in [-0.2, 0) is 4.79 Å². The van der Waals surface area contributed by atoms with E-state index in [0.29, 0.717) is 17.8 Å². The molecule has 1 saturated heterocycles. The average molecular weight is 273 g/mol. The summed E-state index contributed by atoms with van der Waals surface area (Å²) < 4.78 is 0. The fourth-order valence-electron chi connectivity index (χ4n) is 2.53. The highest BCUT2D eigenvalue weighted by Crippen LogP contribution is 2.20. The van der Waals surface area contributed by atoms with Crippen molar-refractivity contribution in [3.8, 4) is 6.07 Å². The predicted molar refractivity (Wildman–Crippen MR) is 76.1 cm³/mol. The number of aliphatic hydroxyl groups is 1. The van der Waals surface area contributed by atoms with E-state index in [9.17, 15) is 9.90 Å². The number of nitriles is 1. The molecule has 1 amide bonds. The van der Waals surface area contributed by atoms with Gasteiger partial charge in [0.25, 0.3) is 0 Å². The number of anilines is 1. The summed E-state index contributed by atoms with van der Waals surface area (Å²) in [4.78, 5) is 13.9. The minimum atomic E-state index is -0.709. The normalized spacial score (nSPS) is 23.1. The van der Waals surface area contributed by atoms with E-state index in [1.807, 2.05) is 11.0 Å². The molecular formula is C15H19N3O2. The van der Waals surface area contributed by atoms with Crippen LogP contribution in [0.5, 0.6) is 0 Å². The molecule has 1 aliphatic rings. The lowest BCUT2D eigenvalue weighted by Gasteiger charge is -2.36. The first kappa shape index (κ1) is 14.5. The van der Waals surface area contributed by atoms with Gasteiger partial charge in [-0.3, -0.25) is 9.69 Å². The molecule has 1 heterocycles. The maximum Gasteiger partial charge on any atom is 0.238 e. The number of hydrogen-bond donors (Lipinski definition) is 2. The van der Waals surface area contributed by atoms with Gasteiger partial charge in [-0.1, -0.05) is 6.07 Å². The first-order valence-corrected chi connectivity index (χ1v) is 6.73. The average Bonchev–Trinajstić information content (AvgIpc) is 2.37. The van der Waals surface area contributed by atoms with E-state index in [1.54, 1.807) is 31.2 Å². The number of likely N-dealkylation sites (tertiary alicyclic amines) is 1. The van der Waals surface area contributed by atoms with Crippen molar-refractivity contribution in [1.29, 1.82) is 5.26 Å². The van der Waals surface area contributed by atoms with E-state index in [2.05, 4.69) is 5.32 Å². The van der Waals surface area contributed by atoms with E-state index in [4.69, 9.17) is 5.26 Å². The van der Waals surface area contributed by atoms with Gasteiger partial charge in [0, 0.05) is 12.2 Å². The molecule has 0 aliphatic carbocycles. The van der Waals surface area contributed by atoms with Crippen molar-refractivity contribution < 1.29 is 9.90 Å². The molecule has 106 valence electrons. The van der Waals surface area contributed by atoms with E-state index in [-0.39, 0.29) is 12.5 Å². The summed E-state index contributed by atoms with van der Waals surface area (Å²) in [7, 11) is 0. The van der Waals surface area contributed by atoms with Crippen LogP contribution in [0.1, 0.15) is 25.3 Å². The number of β-amino-alcohol motifs (C(OH)–C–C–N with tert-alkyl or cyclic N) is 1. The van der Waals surface area contributed by atoms with Crippen LogP contribution < -0.4 is 5.32 Å². The van der Waals surface area contributed by atoms with Crippen LogP contribution in [0.3, 0.4) is 0 Å². The molecule has 1 aromatic rings. The third kappa shape index (κ3) is 4.05. The lowest BCUT2D eigenvalue weighted by atomic mass is 9.95. The Morgan fingerprint density at radius 3 is 3.10 bits per heavy atom. The molecule has 0 saturated carbocycles. The van der Waals surface area contributed by atoms with Crippen LogP contribution in [-0.4, -0.2) is 41.1 Å². The zero-order valence-corrected chi connectivity index (χ0v) is 11.6. The van der Waals surface area contributed by atoms with Gasteiger partial charge in [0.05, 0.1) is 23.8 Å². The number of amides is 1. The Labute approximate surface area is 118 Å². The van der Waals surface area contributed by atoms with Crippen molar-refractivity contribution in [2.75, 3.05) is 25.0 Å². The number of carbonyl (C=O) groups excluding carboxylic acids is 1. The molecule has 0 aromatic heterocycles. The molecule has 0 bridgehead atoms. The topological polar surface area (TPSA) is 76.4 Å². The van der Waals surface area contributed by atoms with Crippen molar-refractivity contribution in [3.63, 3.8) is 0 Å². The highest BCUT2D eigenvalue weighted by molar-refractivity contribution is 5.92. The molecule has 1 aromatic carbocycles. The number of rotatable bonds is 3. The number of nitrogens with zero attached hydrogens (tertiary/aromatic N) is 2. The fourth-order valence-corrected chi connectivity index (χ4v) is 2.53. The second kappa shape index (κ2) is 6.04. The van der Waals surface area contributed by atoms with E-state index < -0.39 is 5.60 Å². The molecule has 1 aliphatic heterocycles. The van der Waals surface area contributed by atoms with Crippen LogP contribution in [0.25, 0.3) is 0 Å². The summed E-state index contributed by atoms with van der Waals surface area (Å²) in [5, 5.41) is 21.6. The van der Waals surface area contributed by atoms with Crippen molar-refractivity contribution in [2.45, 2.75) is 25.4 Å². The lowest BCUT2D eigenvalue weighted by Crippen LogP contribution is -2.48. The van der Waals surface area contributed by atoms with Gasteiger partial charge in [-0.15, -0.1) is 0 Å². The molecule has 20 heavy (non-hydrogen) atoms. The third-order valence-electron chi connectivity index (χ3n) is 3.40. The first-order chi connectivity index (χ1) is 9.48. The summed E-state index contributed by atoms with van der Waals surface area (Å²) in [5.41, 5.74) is 0.431. The van der Waals surface area contributed by atoms with Crippen LogP contribution >= 0.6 is 0 Å². The summed E-state index contributed by atoms with van der Waals surface area (Å²) in [6, 6.07) is 8.86. The predicted octanol–water partition coefficient (Wildman–Crippen LogP) is 1.34. The minimum Gasteiger partial charge on any atom is -0.389 e. The summed E-state index contributed by atoms with van der Waals surface area (Å²) in [6.07, 6.45) is 1.67. The summed E-state index contributed by atoms with van der Waals surface area (Å²) in [5.74, 6) is -0.127. The molecular weight excluding hydrogens is 254 g/mol. The maximum atomic E-state index is 12.0. The largest absolute Gasteiger partial charge is 0.389 e. The Balaban J connectivity index is 1.90. The molecule has 2 N–H and O–H groups in total. The molecule has 0 spiro atoms. The van der Waals surface area contributed by atoms with Gasteiger partial charge in [-0.25, -0.2) is 0 Å².